The summed E-state index contributed by atoms with van der Waals surface area (Å²) in [7, 11) is 1.93. The van der Waals surface area contributed by atoms with Crippen LogP contribution in [0.3, 0.4) is 0 Å². The van der Waals surface area contributed by atoms with E-state index in [2.05, 4.69) is 27.6 Å². The van der Waals surface area contributed by atoms with Crippen molar-refractivity contribution in [2.75, 3.05) is 6.61 Å². The van der Waals surface area contributed by atoms with Gasteiger partial charge in [-0.2, -0.15) is 5.10 Å². The molecule has 5 rings (SSSR count). The van der Waals surface area contributed by atoms with Crippen LogP contribution in [-0.2, 0) is 31.4 Å². The number of halogens is 2. The van der Waals surface area contributed by atoms with Gasteiger partial charge in [-0.25, -0.2) is 13.8 Å². The Bertz CT molecular complexity index is 1140. The van der Waals surface area contributed by atoms with Gasteiger partial charge in [0.05, 0.1) is 18.0 Å². The standard InChI is InChI=1S/C23H28F2N6O/c1-4-31-21-11-30(10-20(21)27-23(31)19-7-13(2)29(3)28-19)15-9-18(26)22(32-12-15)16-8-14(24)5-6-17(16)25/h5-8,15,18,22H,4,9-12,26H2,1-3H3/t15-,18+,22-/m1/s1. The summed E-state index contributed by atoms with van der Waals surface area (Å²) < 4.78 is 37.9. The van der Waals surface area contributed by atoms with Crippen molar-refractivity contribution in [1.29, 1.82) is 0 Å². The number of aromatic nitrogens is 4. The molecule has 0 spiro atoms. The second kappa shape index (κ2) is 8.06. The minimum atomic E-state index is -0.645. The van der Waals surface area contributed by atoms with Crippen LogP contribution in [0.4, 0.5) is 8.78 Å². The Morgan fingerprint density at radius 2 is 2.03 bits per heavy atom. The summed E-state index contributed by atoms with van der Waals surface area (Å²) in [6.07, 6.45) is -0.00272. The van der Waals surface area contributed by atoms with Crippen molar-refractivity contribution in [3.8, 4) is 11.5 Å². The van der Waals surface area contributed by atoms with E-state index >= 15 is 0 Å². The van der Waals surface area contributed by atoms with Gasteiger partial charge in [0, 0.05) is 50.0 Å². The molecule has 9 heteroatoms. The number of fused-ring (bicyclic) bond motifs is 1. The van der Waals surface area contributed by atoms with E-state index in [-0.39, 0.29) is 11.6 Å². The Morgan fingerprint density at radius 1 is 1.22 bits per heavy atom. The van der Waals surface area contributed by atoms with Gasteiger partial charge in [-0.1, -0.05) is 0 Å². The Morgan fingerprint density at radius 3 is 2.72 bits per heavy atom. The summed E-state index contributed by atoms with van der Waals surface area (Å²) in [6.45, 7) is 6.82. The zero-order valence-electron chi connectivity index (χ0n) is 18.6. The van der Waals surface area contributed by atoms with Crippen molar-refractivity contribution in [3.63, 3.8) is 0 Å². The number of aryl methyl sites for hydroxylation is 2. The highest BCUT2D eigenvalue weighted by molar-refractivity contribution is 5.53. The third kappa shape index (κ3) is 3.54. The second-order valence-electron chi connectivity index (χ2n) is 8.75. The van der Waals surface area contributed by atoms with Crippen molar-refractivity contribution < 1.29 is 13.5 Å². The smallest absolute Gasteiger partial charge is 0.161 e. The Kier molecular flexibility index (Phi) is 5.35. The first-order valence-corrected chi connectivity index (χ1v) is 11.0. The lowest BCUT2D eigenvalue weighted by atomic mass is 9.93. The zero-order valence-corrected chi connectivity index (χ0v) is 18.6. The molecule has 2 aromatic heterocycles. The van der Waals surface area contributed by atoms with Crippen molar-refractivity contribution in [2.24, 2.45) is 12.8 Å². The second-order valence-corrected chi connectivity index (χ2v) is 8.75. The first-order chi connectivity index (χ1) is 15.4. The molecule has 2 aliphatic rings. The monoisotopic (exact) mass is 442 g/mol. The number of ether oxygens (including phenoxy) is 1. The van der Waals surface area contributed by atoms with E-state index in [1.807, 2.05) is 18.7 Å². The predicted molar refractivity (Wildman–Crippen MR) is 116 cm³/mol. The van der Waals surface area contributed by atoms with Gasteiger partial charge in [-0.15, -0.1) is 0 Å². The molecule has 7 nitrogen and oxygen atoms in total. The van der Waals surface area contributed by atoms with Gasteiger partial charge >= 0.3 is 0 Å². The first kappa shape index (κ1) is 21.2. The van der Waals surface area contributed by atoms with Crippen LogP contribution in [0, 0.1) is 18.6 Å². The van der Waals surface area contributed by atoms with Crippen LogP contribution in [0.5, 0.6) is 0 Å². The number of imidazole rings is 1. The number of hydrogen-bond acceptors (Lipinski definition) is 5. The van der Waals surface area contributed by atoms with Crippen LogP contribution >= 0.6 is 0 Å². The van der Waals surface area contributed by atoms with E-state index in [0.717, 1.165) is 48.1 Å². The fraction of sp³-hybridized carbons (Fsp3) is 0.478. The average molecular weight is 443 g/mol. The summed E-state index contributed by atoms with van der Waals surface area (Å²) in [5.41, 5.74) is 10.8. The minimum Gasteiger partial charge on any atom is -0.370 e. The molecule has 1 fully saturated rings. The van der Waals surface area contributed by atoms with Gasteiger partial charge in [0.15, 0.2) is 5.82 Å². The topological polar surface area (TPSA) is 74.1 Å². The minimum absolute atomic E-state index is 0.0953. The zero-order chi connectivity index (χ0) is 22.6. The summed E-state index contributed by atoms with van der Waals surface area (Å²) in [5, 5.41) is 4.60. The highest BCUT2D eigenvalue weighted by Gasteiger charge is 2.38. The summed E-state index contributed by atoms with van der Waals surface area (Å²) in [6, 6.07) is 5.15. The third-order valence-electron chi connectivity index (χ3n) is 6.70. The van der Waals surface area contributed by atoms with Gasteiger partial charge in [0.25, 0.3) is 0 Å². The van der Waals surface area contributed by atoms with Crippen molar-refractivity contribution >= 4 is 0 Å². The van der Waals surface area contributed by atoms with Gasteiger partial charge in [-0.3, -0.25) is 9.58 Å². The van der Waals surface area contributed by atoms with Crippen molar-refractivity contribution in [2.45, 2.75) is 58.1 Å². The maximum absolute atomic E-state index is 14.2. The molecule has 4 heterocycles. The summed E-state index contributed by atoms with van der Waals surface area (Å²) >= 11 is 0. The number of nitrogens with two attached hydrogens (primary N) is 1. The molecule has 32 heavy (non-hydrogen) atoms. The van der Waals surface area contributed by atoms with Gasteiger partial charge < -0.3 is 15.0 Å². The van der Waals surface area contributed by atoms with E-state index in [1.165, 1.54) is 11.8 Å². The van der Waals surface area contributed by atoms with Crippen LogP contribution in [0.2, 0.25) is 0 Å². The van der Waals surface area contributed by atoms with E-state index in [4.69, 9.17) is 15.5 Å². The molecule has 1 aromatic carbocycles. The molecule has 0 amide bonds. The van der Waals surface area contributed by atoms with Crippen LogP contribution < -0.4 is 5.73 Å². The molecule has 2 N–H and O–H groups in total. The molecule has 1 saturated heterocycles. The molecule has 2 aliphatic heterocycles. The largest absolute Gasteiger partial charge is 0.370 e. The molecular formula is C23H28F2N6O. The number of nitrogens with zero attached hydrogens (tertiary/aromatic N) is 5. The van der Waals surface area contributed by atoms with Crippen molar-refractivity contribution in [1.82, 2.24) is 24.2 Å². The quantitative estimate of drug-likeness (QED) is 0.672. The third-order valence-corrected chi connectivity index (χ3v) is 6.70. The molecule has 0 saturated carbocycles. The molecule has 0 radical (unpaired) electrons. The normalized spacial score (nSPS) is 23.6. The predicted octanol–water partition coefficient (Wildman–Crippen LogP) is 3.06. The van der Waals surface area contributed by atoms with Crippen LogP contribution in [0.25, 0.3) is 11.5 Å². The van der Waals surface area contributed by atoms with E-state index in [9.17, 15) is 8.78 Å². The average Bonchev–Trinajstić information content (AvgIpc) is 3.42. The first-order valence-electron chi connectivity index (χ1n) is 11.0. The maximum Gasteiger partial charge on any atom is 0.161 e. The fourth-order valence-corrected chi connectivity index (χ4v) is 4.90. The van der Waals surface area contributed by atoms with Crippen LogP contribution in [-0.4, -0.2) is 42.9 Å². The SMILES string of the molecule is CCn1c(-c2cc(C)n(C)n2)nc2c1CN([C@H]1CO[C@H](c3cc(F)ccc3F)[C@@H](N)C1)C2. The van der Waals surface area contributed by atoms with E-state index in [1.54, 1.807) is 0 Å². The number of hydrogen-bond donors (Lipinski definition) is 1. The lowest BCUT2D eigenvalue weighted by Crippen LogP contribution is -2.47. The Balaban J connectivity index is 1.32. The fourth-order valence-electron chi connectivity index (χ4n) is 4.90. The van der Waals surface area contributed by atoms with Gasteiger partial charge in [0.2, 0.25) is 0 Å². The molecule has 0 unspecified atom stereocenters. The molecule has 0 aliphatic carbocycles. The van der Waals surface area contributed by atoms with E-state index < -0.39 is 23.8 Å². The van der Waals surface area contributed by atoms with Crippen molar-refractivity contribution in [3.05, 3.63) is 58.5 Å². The summed E-state index contributed by atoms with van der Waals surface area (Å²) in [4.78, 5) is 7.23. The lowest BCUT2D eigenvalue weighted by Gasteiger charge is -2.38. The van der Waals surface area contributed by atoms with Crippen LogP contribution in [0.15, 0.2) is 24.3 Å². The lowest BCUT2D eigenvalue weighted by molar-refractivity contribution is -0.0535. The molecule has 3 atom stereocenters. The molecular weight excluding hydrogens is 414 g/mol. The number of benzene rings is 1. The maximum atomic E-state index is 14.2. The van der Waals surface area contributed by atoms with Gasteiger partial charge in [-0.05, 0) is 44.5 Å². The number of rotatable bonds is 4. The molecule has 3 aromatic rings. The van der Waals surface area contributed by atoms with Gasteiger partial charge in [0.1, 0.15) is 23.4 Å². The van der Waals surface area contributed by atoms with Crippen LogP contribution in [0.1, 0.15) is 42.1 Å². The molecule has 170 valence electrons. The summed E-state index contributed by atoms with van der Waals surface area (Å²) in [5.74, 6) is -0.0765. The highest BCUT2D eigenvalue weighted by Crippen LogP contribution is 2.35. The highest BCUT2D eigenvalue weighted by atomic mass is 19.1. The Labute approximate surface area is 185 Å². The van der Waals surface area contributed by atoms with E-state index in [0.29, 0.717) is 19.6 Å². The molecule has 0 bridgehead atoms. The Hall–Kier alpha value is -2.62.